The zero-order valence-electron chi connectivity index (χ0n) is 12.7. The number of hydrogen-bond donors (Lipinski definition) is 1. The third-order valence-electron chi connectivity index (χ3n) is 4.24. The van der Waals surface area contributed by atoms with Crippen molar-refractivity contribution in [3.8, 4) is 0 Å². The number of rotatable bonds is 2. The van der Waals surface area contributed by atoms with Gasteiger partial charge in [-0.2, -0.15) is 0 Å². The summed E-state index contributed by atoms with van der Waals surface area (Å²) in [4.78, 5) is 7.26. The Kier molecular flexibility index (Phi) is 3.46. The molecule has 2 fully saturated rings. The van der Waals surface area contributed by atoms with Gasteiger partial charge in [-0.3, -0.25) is 0 Å². The number of fused-ring (bicyclic) bond motifs is 2. The van der Waals surface area contributed by atoms with Crippen LogP contribution in [0.3, 0.4) is 0 Å². The van der Waals surface area contributed by atoms with Crippen LogP contribution in [0.15, 0.2) is 12.1 Å². The van der Waals surface area contributed by atoms with Crippen molar-refractivity contribution in [2.75, 3.05) is 18.0 Å². The molecule has 4 heteroatoms. The Balaban J connectivity index is 1.92. The minimum atomic E-state index is 0.0468. The molecule has 20 heavy (non-hydrogen) atoms. The van der Waals surface area contributed by atoms with Crippen LogP contribution in [0.5, 0.6) is 0 Å². The molecule has 0 saturated carbocycles. The molecule has 2 aliphatic heterocycles. The summed E-state index contributed by atoms with van der Waals surface area (Å²) in [6, 6.07) is 4.28. The molecule has 0 spiro atoms. The number of pyridine rings is 1. The van der Waals surface area contributed by atoms with Gasteiger partial charge in [0.1, 0.15) is 5.82 Å². The highest BCUT2D eigenvalue weighted by Crippen LogP contribution is 2.31. The average molecular weight is 275 g/mol. The summed E-state index contributed by atoms with van der Waals surface area (Å²) >= 11 is 0. The van der Waals surface area contributed by atoms with Crippen LogP contribution in [0.25, 0.3) is 0 Å². The van der Waals surface area contributed by atoms with Gasteiger partial charge < -0.3 is 15.4 Å². The van der Waals surface area contributed by atoms with E-state index in [-0.39, 0.29) is 5.41 Å². The van der Waals surface area contributed by atoms with Gasteiger partial charge in [0, 0.05) is 30.7 Å². The van der Waals surface area contributed by atoms with Gasteiger partial charge in [-0.05, 0) is 30.5 Å². The number of ether oxygens (including phenoxy) is 1. The predicted octanol–water partition coefficient (Wildman–Crippen LogP) is 2.21. The Morgan fingerprint density at radius 3 is 2.45 bits per heavy atom. The van der Waals surface area contributed by atoms with Crippen molar-refractivity contribution >= 4 is 5.82 Å². The molecule has 0 aliphatic carbocycles. The number of anilines is 1. The first kappa shape index (κ1) is 13.8. The molecule has 2 N–H and O–H groups in total. The van der Waals surface area contributed by atoms with Crippen LogP contribution in [0.2, 0.25) is 0 Å². The molecule has 2 aliphatic rings. The summed E-state index contributed by atoms with van der Waals surface area (Å²) in [5, 5.41) is 0. The quantitative estimate of drug-likeness (QED) is 0.899. The first-order valence-electron chi connectivity index (χ1n) is 7.57. The molecule has 2 atom stereocenters. The van der Waals surface area contributed by atoms with Gasteiger partial charge in [0.25, 0.3) is 0 Å². The van der Waals surface area contributed by atoms with Crippen molar-refractivity contribution in [3.05, 3.63) is 23.4 Å². The monoisotopic (exact) mass is 275 g/mol. The Bertz CT molecular complexity index is 483. The van der Waals surface area contributed by atoms with E-state index in [0.29, 0.717) is 18.8 Å². The fourth-order valence-corrected chi connectivity index (χ4v) is 3.04. The third-order valence-corrected chi connectivity index (χ3v) is 4.24. The van der Waals surface area contributed by atoms with E-state index in [9.17, 15) is 0 Å². The van der Waals surface area contributed by atoms with Crippen molar-refractivity contribution in [2.45, 2.75) is 57.8 Å². The lowest BCUT2D eigenvalue weighted by molar-refractivity contribution is 0.0302. The van der Waals surface area contributed by atoms with Crippen molar-refractivity contribution in [1.29, 1.82) is 0 Å². The molecule has 0 aromatic carbocycles. The summed E-state index contributed by atoms with van der Waals surface area (Å²) in [5.41, 5.74) is 8.19. The van der Waals surface area contributed by atoms with Crippen LogP contribution in [-0.2, 0) is 16.7 Å². The smallest absolute Gasteiger partial charge is 0.129 e. The number of aromatic nitrogens is 1. The van der Waals surface area contributed by atoms with E-state index in [2.05, 4.69) is 37.8 Å². The van der Waals surface area contributed by atoms with Gasteiger partial charge in [0.15, 0.2) is 0 Å². The van der Waals surface area contributed by atoms with Crippen LogP contribution < -0.4 is 10.6 Å². The van der Waals surface area contributed by atoms with Crippen LogP contribution >= 0.6 is 0 Å². The summed E-state index contributed by atoms with van der Waals surface area (Å²) in [6.45, 7) is 9.07. The SMILES string of the molecule is CC(C)(C)c1cc(CN)cc(N2CC3CCC(C2)O3)n1. The molecule has 0 amide bonds. The highest BCUT2D eigenvalue weighted by Gasteiger charge is 2.34. The largest absolute Gasteiger partial charge is 0.371 e. The molecule has 0 radical (unpaired) electrons. The lowest BCUT2D eigenvalue weighted by atomic mass is 9.90. The molecule has 1 aromatic heterocycles. The zero-order valence-corrected chi connectivity index (χ0v) is 12.7. The molecule has 4 nitrogen and oxygen atoms in total. The normalized spacial score (nSPS) is 26.1. The molecule has 2 saturated heterocycles. The lowest BCUT2D eigenvalue weighted by Gasteiger charge is -2.34. The Hall–Kier alpha value is -1.13. The van der Waals surface area contributed by atoms with E-state index >= 15 is 0 Å². The summed E-state index contributed by atoms with van der Waals surface area (Å²) in [5.74, 6) is 1.07. The topological polar surface area (TPSA) is 51.4 Å². The van der Waals surface area contributed by atoms with Gasteiger partial charge in [0.05, 0.1) is 12.2 Å². The zero-order chi connectivity index (χ0) is 14.3. The van der Waals surface area contributed by atoms with E-state index in [1.54, 1.807) is 0 Å². The maximum absolute atomic E-state index is 5.91. The second kappa shape index (κ2) is 5.01. The molecule has 2 bridgehead atoms. The standard InChI is InChI=1S/C16H25N3O/c1-16(2,3)14-6-11(8-17)7-15(18-14)19-9-12-4-5-13(10-19)20-12/h6-7,12-13H,4-5,8-10,17H2,1-3H3. The van der Waals surface area contributed by atoms with Crippen LogP contribution in [-0.4, -0.2) is 30.3 Å². The van der Waals surface area contributed by atoms with Gasteiger partial charge in [-0.25, -0.2) is 4.98 Å². The third kappa shape index (κ3) is 2.67. The van der Waals surface area contributed by atoms with Crippen molar-refractivity contribution in [1.82, 2.24) is 4.98 Å². The van der Waals surface area contributed by atoms with Gasteiger partial charge in [-0.1, -0.05) is 20.8 Å². The van der Waals surface area contributed by atoms with E-state index in [1.165, 1.54) is 18.4 Å². The minimum Gasteiger partial charge on any atom is -0.371 e. The van der Waals surface area contributed by atoms with Crippen molar-refractivity contribution in [3.63, 3.8) is 0 Å². The van der Waals surface area contributed by atoms with Gasteiger partial charge in [-0.15, -0.1) is 0 Å². The molecular weight excluding hydrogens is 250 g/mol. The van der Waals surface area contributed by atoms with Gasteiger partial charge in [0.2, 0.25) is 0 Å². The maximum atomic E-state index is 5.91. The first-order chi connectivity index (χ1) is 9.45. The fourth-order valence-electron chi connectivity index (χ4n) is 3.04. The van der Waals surface area contributed by atoms with Crippen molar-refractivity contribution < 1.29 is 4.74 Å². The highest BCUT2D eigenvalue weighted by molar-refractivity contribution is 5.45. The minimum absolute atomic E-state index is 0.0468. The lowest BCUT2D eigenvalue weighted by Crippen LogP contribution is -2.43. The van der Waals surface area contributed by atoms with E-state index < -0.39 is 0 Å². The molecule has 2 unspecified atom stereocenters. The summed E-state index contributed by atoms with van der Waals surface area (Å²) in [7, 11) is 0. The van der Waals surface area contributed by atoms with Crippen LogP contribution in [0, 0.1) is 0 Å². The molecule has 1 aromatic rings. The van der Waals surface area contributed by atoms with E-state index in [0.717, 1.165) is 24.6 Å². The van der Waals surface area contributed by atoms with Crippen molar-refractivity contribution in [2.24, 2.45) is 5.73 Å². The molecule has 110 valence electrons. The Labute approximate surface area is 121 Å². The van der Waals surface area contributed by atoms with E-state index in [4.69, 9.17) is 15.5 Å². The first-order valence-corrected chi connectivity index (χ1v) is 7.57. The second-order valence-electron chi connectivity index (χ2n) is 7.04. The molecule has 3 heterocycles. The molecular formula is C16H25N3O. The van der Waals surface area contributed by atoms with Crippen LogP contribution in [0.1, 0.15) is 44.9 Å². The predicted molar refractivity (Wildman–Crippen MR) is 80.9 cm³/mol. The number of morpholine rings is 1. The second-order valence-corrected chi connectivity index (χ2v) is 7.04. The van der Waals surface area contributed by atoms with Gasteiger partial charge >= 0.3 is 0 Å². The van der Waals surface area contributed by atoms with E-state index in [1.807, 2.05) is 0 Å². The maximum Gasteiger partial charge on any atom is 0.129 e. The Morgan fingerprint density at radius 2 is 1.90 bits per heavy atom. The molecule has 3 rings (SSSR count). The summed E-state index contributed by atoms with van der Waals surface area (Å²) in [6.07, 6.45) is 3.14. The fraction of sp³-hybridized carbons (Fsp3) is 0.688. The number of nitrogens with zero attached hydrogens (tertiary/aromatic N) is 2. The Morgan fingerprint density at radius 1 is 1.25 bits per heavy atom. The number of hydrogen-bond acceptors (Lipinski definition) is 4. The van der Waals surface area contributed by atoms with Crippen LogP contribution in [0.4, 0.5) is 5.82 Å². The number of nitrogens with two attached hydrogens (primary N) is 1. The summed E-state index contributed by atoms with van der Waals surface area (Å²) < 4.78 is 5.91. The average Bonchev–Trinajstić information content (AvgIpc) is 2.76. The highest BCUT2D eigenvalue weighted by atomic mass is 16.5.